The van der Waals surface area contributed by atoms with E-state index < -0.39 is 0 Å². The van der Waals surface area contributed by atoms with Crippen molar-refractivity contribution in [3.05, 3.63) is 47.7 Å². The maximum atomic E-state index is 4.71. The molecule has 26 heavy (non-hydrogen) atoms. The van der Waals surface area contributed by atoms with Crippen LogP contribution in [0, 0.1) is 13.8 Å². The van der Waals surface area contributed by atoms with Gasteiger partial charge in [0.25, 0.3) is 0 Å². The van der Waals surface area contributed by atoms with Crippen molar-refractivity contribution in [2.45, 2.75) is 53.5 Å². The number of aromatic nitrogens is 5. The Bertz CT molecular complexity index is 948. The van der Waals surface area contributed by atoms with Crippen molar-refractivity contribution in [3.8, 4) is 22.6 Å². The molecule has 0 aliphatic carbocycles. The fourth-order valence-electron chi connectivity index (χ4n) is 3.32. The minimum Gasteiger partial charge on any atom is -0.221 e. The van der Waals surface area contributed by atoms with Crippen LogP contribution in [-0.4, -0.2) is 19.6 Å². The lowest BCUT2D eigenvalue weighted by Crippen LogP contribution is -2.38. The summed E-state index contributed by atoms with van der Waals surface area (Å²) in [5, 5.41) is 0. The molecule has 0 aliphatic heterocycles. The van der Waals surface area contributed by atoms with E-state index in [2.05, 4.69) is 92.3 Å². The van der Waals surface area contributed by atoms with Gasteiger partial charge in [-0.15, -0.1) is 4.68 Å². The molecule has 2 heterocycles. The molecule has 0 N–H and O–H groups in total. The van der Waals surface area contributed by atoms with Gasteiger partial charge in [-0.1, -0.05) is 32.9 Å². The Morgan fingerprint density at radius 2 is 1.81 bits per heavy atom. The molecule has 0 fully saturated rings. The first-order valence-corrected chi connectivity index (χ1v) is 9.09. The van der Waals surface area contributed by atoms with Crippen molar-refractivity contribution in [1.29, 1.82) is 0 Å². The topological polar surface area (TPSA) is 47.5 Å². The summed E-state index contributed by atoms with van der Waals surface area (Å²) in [6.07, 6.45) is 3.79. The minimum absolute atomic E-state index is 0.105. The Hall–Kier alpha value is -2.56. The van der Waals surface area contributed by atoms with Gasteiger partial charge in [0, 0.05) is 22.1 Å². The van der Waals surface area contributed by atoms with Crippen LogP contribution in [0.5, 0.6) is 0 Å². The van der Waals surface area contributed by atoms with E-state index in [1.54, 1.807) is 6.33 Å². The molecule has 0 bridgehead atoms. The van der Waals surface area contributed by atoms with Crippen LogP contribution in [0.1, 0.15) is 44.6 Å². The van der Waals surface area contributed by atoms with Crippen LogP contribution in [0.25, 0.3) is 22.6 Å². The summed E-state index contributed by atoms with van der Waals surface area (Å²) in [5.74, 6) is 1.53. The molecule has 0 spiro atoms. The van der Waals surface area contributed by atoms with E-state index in [9.17, 15) is 0 Å². The van der Waals surface area contributed by atoms with Crippen LogP contribution in [0.3, 0.4) is 0 Å². The Morgan fingerprint density at radius 3 is 2.46 bits per heavy atom. The molecule has 0 saturated carbocycles. The Labute approximate surface area is 155 Å². The molecule has 0 amide bonds. The molecule has 0 atom stereocenters. The van der Waals surface area contributed by atoms with Gasteiger partial charge >= 0.3 is 0 Å². The van der Waals surface area contributed by atoms with Gasteiger partial charge in [-0.05, 0) is 32.4 Å². The van der Waals surface area contributed by atoms with Gasteiger partial charge in [-0.2, -0.15) is 4.68 Å². The molecule has 3 aromatic rings. The predicted molar refractivity (Wildman–Crippen MR) is 104 cm³/mol. The molecule has 1 aromatic carbocycles. The molecule has 0 aliphatic rings. The highest BCUT2D eigenvalue weighted by Gasteiger charge is 2.21. The third kappa shape index (κ3) is 3.26. The summed E-state index contributed by atoms with van der Waals surface area (Å²) in [6.45, 7) is 13.7. The van der Waals surface area contributed by atoms with Crippen molar-refractivity contribution in [1.82, 2.24) is 19.6 Å². The van der Waals surface area contributed by atoms with Gasteiger partial charge in [0.2, 0.25) is 0 Å². The maximum absolute atomic E-state index is 4.71. The van der Waals surface area contributed by atoms with E-state index in [1.807, 2.05) is 0 Å². The lowest BCUT2D eigenvalue weighted by molar-refractivity contribution is -0.752. The van der Waals surface area contributed by atoms with E-state index in [1.165, 1.54) is 22.4 Å². The molecular formula is C21H28N5+. The van der Waals surface area contributed by atoms with Crippen molar-refractivity contribution < 1.29 is 4.68 Å². The third-order valence-electron chi connectivity index (χ3n) is 4.69. The first kappa shape index (κ1) is 18.2. The zero-order valence-electron chi connectivity index (χ0n) is 16.8. The van der Waals surface area contributed by atoms with Crippen LogP contribution in [0.2, 0.25) is 0 Å². The fourth-order valence-corrected chi connectivity index (χ4v) is 3.32. The highest BCUT2D eigenvalue weighted by atomic mass is 15.4. The van der Waals surface area contributed by atoms with E-state index >= 15 is 0 Å². The maximum Gasteiger partial charge on any atom is 0.198 e. The lowest BCUT2D eigenvalue weighted by atomic mass is 9.95. The smallest absolute Gasteiger partial charge is 0.198 e. The van der Waals surface area contributed by atoms with Crippen molar-refractivity contribution in [2.75, 3.05) is 0 Å². The summed E-state index contributed by atoms with van der Waals surface area (Å²) in [5.41, 5.74) is 5.90. The second kappa shape index (κ2) is 6.63. The number of hydrogen-bond donors (Lipinski definition) is 0. The van der Waals surface area contributed by atoms with Crippen LogP contribution in [0.4, 0.5) is 0 Å². The van der Waals surface area contributed by atoms with E-state index in [4.69, 9.17) is 4.98 Å². The quantitative estimate of drug-likeness (QED) is 0.676. The summed E-state index contributed by atoms with van der Waals surface area (Å²) in [7, 11) is 2.08. The zero-order chi connectivity index (χ0) is 19.1. The Balaban J connectivity index is 2.16. The van der Waals surface area contributed by atoms with Crippen molar-refractivity contribution in [2.24, 2.45) is 7.05 Å². The van der Waals surface area contributed by atoms with Gasteiger partial charge in [-0.25, -0.2) is 15.0 Å². The monoisotopic (exact) mass is 350 g/mol. The fraction of sp³-hybridized carbons (Fsp3) is 0.429. The molecule has 5 nitrogen and oxygen atoms in total. The highest BCUT2D eigenvalue weighted by molar-refractivity contribution is 5.72. The summed E-state index contributed by atoms with van der Waals surface area (Å²) in [4.78, 5) is 13.5. The van der Waals surface area contributed by atoms with E-state index in [0.717, 1.165) is 23.8 Å². The Morgan fingerprint density at radius 1 is 1.08 bits per heavy atom. The predicted octanol–water partition coefficient (Wildman–Crippen LogP) is 3.77. The second-order valence-corrected chi connectivity index (χ2v) is 7.86. The van der Waals surface area contributed by atoms with E-state index in [-0.39, 0.29) is 5.41 Å². The molecule has 2 aromatic heterocycles. The molecule has 0 saturated heterocycles. The SMILES string of the molecule is CCn1c(-c2cc(-c3ncnc(C(C)(C)C)n3)ccc2C)c(C)c[n+]1C. The molecule has 0 unspecified atom stereocenters. The molecule has 0 radical (unpaired) electrons. The normalized spacial score (nSPS) is 11.8. The number of aryl methyl sites for hydroxylation is 3. The number of nitrogens with zero attached hydrogens (tertiary/aromatic N) is 5. The molecular weight excluding hydrogens is 322 g/mol. The van der Waals surface area contributed by atoms with Crippen LogP contribution < -0.4 is 4.68 Å². The minimum atomic E-state index is -0.105. The third-order valence-corrected chi connectivity index (χ3v) is 4.69. The summed E-state index contributed by atoms with van der Waals surface area (Å²) in [6, 6.07) is 6.44. The first-order valence-electron chi connectivity index (χ1n) is 9.09. The van der Waals surface area contributed by atoms with Gasteiger partial charge in [0.05, 0.1) is 6.54 Å². The van der Waals surface area contributed by atoms with Crippen LogP contribution in [-0.2, 0) is 19.0 Å². The number of benzene rings is 1. The van der Waals surface area contributed by atoms with Gasteiger partial charge in [0.15, 0.2) is 19.1 Å². The van der Waals surface area contributed by atoms with Gasteiger partial charge in [-0.3, -0.25) is 0 Å². The summed E-state index contributed by atoms with van der Waals surface area (Å²) < 4.78 is 4.44. The second-order valence-electron chi connectivity index (χ2n) is 7.86. The van der Waals surface area contributed by atoms with Crippen LogP contribution in [0.15, 0.2) is 30.7 Å². The Kier molecular flexibility index (Phi) is 4.65. The molecule has 3 rings (SSSR count). The standard InChI is InChI=1S/C21H28N5/c1-8-26-18(15(3)12-25(26)7)17-11-16(10-9-14(17)2)19-22-13-23-20(24-19)21(4,5)6/h9-13H,8H2,1-7H3/q+1. The van der Waals surface area contributed by atoms with E-state index in [0.29, 0.717) is 0 Å². The largest absolute Gasteiger partial charge is 0.221 e. The van der Waals surface area contributed by atoms with Gasteiger partial charge in [0.1, 0.15) is 17.8 Å². The van der Waals surface area contributed by atoms with Crippen LogP contribution >= 0.6 is 0 Å². The van der Waals surface area contributed by atoms with Gasteiger partial charge < -0.3 is 0 Å². The molecule has 5 heteroatoms. The molecule has 136 valence electrons. The first-order chi connectivity index (χ1) is 12.2. The average molecular weight is 350 g/mol. The summed E-state index contributed by atoms with van der Waals surface area (Å²) >= 11 is 0. The number of hydrogen-bond acceptors (Lipinski definition) is 3. The lowest BCUT2D eigenvalue weighted by Gasteiger charge is -2.16. The van der Waals surface area contributed by atoms with Crippen molar-refractivity contribution in [3.63, 3.8) is 0 Å². The van der Waals surface area contributed by atoms with Crippen molar-refractivity contribution >= 4 is 0 Å². The average Bonchev–Trinajstić information content (AvgIpc) is 2.88. The number of rotatable bonds is 3. The highest BCUT2D eigenvalue weighted by Crippen LogP contribution is 2.30. The zero-order valence-corrected chi connectivity index (χ0v) is 16.8.